The first-order valence-corrected chi connectivity index (χ1v) is 5.99. The summed E-state index contributed by atoms with van der Waals surface area (Å²) in [6.07, 6.45) is 17.4. The van der Waals surface area contributed by atoms with E-state index in [-0.39, 0.29) is 0 Å². The molecule has 4 heteroatoms. The van der Waals surface area contributed by atoms with Gasteiger partial charge in [-0.25, -0.2) is 10.5 Å². The third-order valence-electron chi connectivity index (χ3n) is 2.68. The lowest BCUT2D eigenvalue weighted by atomic mass is 10.1. The molecular formula is C15H13N3O. The van der Waals surface area contributed by atoms with Gasteiger partial charge < -0.3 is 0 Å². The molecule has 0 bridgehead atoms. The smallest absolute Gasteiger partial charge is 0.0900 e. The molecule has 0 unspecified atom stereocenters. The zero-order chi connectivity index (χ0) is 12.9. The fraction of sp³-hybridized carbons (Fsp3) is 0. The van der Waals surface area contributed by atoms with Gasteiger partial charge in [-0.3, -0.25) is 4.98 Å². The SMILES string of the molecule is C(C=Cc1ccccn1)=CC1=CC2=CNON2C=C1. The van der Waals surface area contributed by atoms with Crippen LogP contribution in [-0.2, 0) is 4.94 Å². The Kier molecular flexibility index (Phi) is 3.25. The van der Waals surface area contributed by atoms with Gasteiger partial charge in [-0.2, -0.15) is 4.94 Å². The summed E-state index contributed by atoms with van der Waals surface area (Å²) < 4.78 is 0. The minimum Gasteiger partial charge on any atom is -0.257 e. The van der Waals surface area contributed by atoms with Crippen LogP contribution in [0.5, 0.6) is 0 Å². The number of nitrogens with zero attached hydrogens (tertiary/aromatic N) is 2. The van der Waals surface area contributed by atoms with E-state index in [0.29, 0.717) is 0 Å². The molecule has 0 saturated heterocycles. The third kappa shape index (κ3) is 2.81. The Labute approximate surface area is 111 Å². The number of aromatic nitrogens is 1. The van der Waals surface area contributed by atoms with Crippen molar-refractivity contribution in [2.24, 2.45) is 0 Å². The highest BCUT2D eigenvalue weighted by molar-refractivity contribution is 5.48. The topological polar surface area (TPSA) is 37.4 Å². The van der Waals surface area contributed by atoms with Crippen LogP contribution in [0.3, 0.4) is 0 Å². The molecule has 2 aliphatic heterocycles. The molecule has 0 spiro atoms. The largest absolute Gasteiger partial charge is 0.257 e. The van der Waals surface area contributed by atoms with E-state index in [4.69, 9.17) is 4.94 Å². The standard InChI is InChI=1S/C15H13N3O/c1(2-6-14-7-3-4-9-16-14)5-13-8-10-18-15(11-13)12-17-19-18/h1-12,17H. The first-order valence-electron chi connectivity index (χ1n) is 5.99. The lowest BCUT2D eigenvalue weighted by Gasteiger charge is -2.15. The number of rotatable bonds is 3. The van der Waals surface area contributed by atoms with Gasteiger partial charge in [-0.1, -0.05) is 24.3 Å². The van der Waals surface area contributed by atoms with Crippen LogP contribution in [0.2, 0.25) is 0 Å². The maximum atomic E-state index is 5.10. The van der Waals surface area contributed by atoms with E-state index in [9.17, 15) is 0 Å². The van der Waals surface area contributed by atoms with Gasteiger partial charge >= 0.3 is 0 Å². The van der Waals surface area contributed by atoms with Crippen molar-refractivity contribution in [3.63, 3.8) is 0 Å². The first-order chi connectivity index (χ1) is 9.42. The van der Waals surface area contributed by atoms with E-state index in [1.807, 2.05) is 60.9 Å². The molecule has 0 fully saturated rings. The molecule has 0 aromatic carbocycles. The quantitative estimate of drug-likeness (QED) is 0.838. The second-order valence-electron chi connectivity index (χ2n) is 4.04. The zero-order valence-corrected chi connectivity index (χ0v) is 10.2. The summed E-state index contributed by atoms with van der Waals surface area (Å²) in [6.45, 7) is 0. The van der Waals surface area contributed by atoms with Crippen molar-refractivity contribution in [2.75, 3.05) is 0 Å². The van der Waals surface area contributed by atoms with Gasteiger partial charge in [0, 0.05) is 12.4 Å². The number of hydrogen-bond donors (Lipinski definition) is 1. The molecule has 0 aliphatic carbocycles. The summed E-state index contributed by atoms with van der Waals surface area (Å²) in [5.41, 5.74) is 5.74. The predicted molar refractivity (Wildman–Crippen MR) is 73.8 cm³/mol. The number of allylic oxidation sites excluding steroid dienone is 6. The summed E-state index contributed by atoms with van der Waals surface area (Å²) >= 11 is 0. The normalized spacial score (nSPS) is 17.6. The number of hydrogen-bond acceptors (Lipinski definition) is 4. The van der Waals surface area contributed by atoms with Crippen molar-refractivity contribution < 1.29 is 4.94 Å². The highest BCUT2D eigenvalue weighted by atomic mass is 16.8. The van der Waals surface area contributed by atoms with Crippen molar-refractivity contribution in [1.29, 1.82) is 0 Å². The third-order valence-corrected chi connectivity index (χ3v) is 2.68. The minimum absolute atomic E-state index is 0.947. The highest BCUT2D eigenvalue weighted by Gasteiger charge is 2.14. The summed E-state index contributed by atoms with van der Waals surface area (Å²) in [5, 5.41) is 1.67. The van der Waals surface area contributed by atoms with Crippen molar-refractivity contribution in [3.05, 3.63) is 84.1 Å². The molecule has 0 amide bonds. The molecular weight excluding hydrogens is 238 g/mol. The summed E-state index contributed by atoms with van der Waals surface area (Å²) in [4.78, 5) is 9.32. The molecule has 94 valence electrons. The van der Waals surface area contributed by atoms with Gasteiger partial charge in [0.05, 0.1) is 17.6 Å². The van der Waals surface area contributed by atoms with E-state index in [1.165, 1.54) is 0 Å². The maximum absolute atomic E-state index is 5.10. The van der Waals surface area contributed by atoms with E-state index in [0.717, 1.165) is 17.0 Å². The van der Waals surface area contributed by atoms with Gasteiger partial charge in [0.1, 0.15) is 0 Å². The number of nitrogens with one attached hydrogen (secondary N) is 1. The second-order valence-corrected chi connectivity index (χ2v) is 4.04. The Hall–Kier alpha value is -2.59. The molecule has 3 heterocycles. The molecule has 1 N–H and O–H groups in total. The van der Waals surface area contributed by atoms with Gasteiger partial charge in [-0.05, 0) is 35.9 Å². The molecule has 0 atom stereocenters. The fourth-order valence-corrected chi connectivity index (χ4v) is 1.75. The number of fused-ring (bicyclic) bond motifs is 1. The Morgan fingerprint density at radius 2 is 2.16 bits per heavy atom. The van der Waals surface area contributed by atoms with Gasteiger partial charge in [0.15, 0.2) is 0 Å². The van der Waals surface area contributed by atoms with E-state index < -0.39 is 0 Å². The van der Waals surface area contributed by atoms with E-state index >= 15 is 0 Å². The fourth-order valence-electron chi connectivity index (χ4n) is 1.75. The molecule has 0 radical (unpaired) electrons. The average molecular weight is 251 g/mol. The van der Waals surface area contributed by atoms with Gasteiger partial charge in [0.2, 0.25) is 0 Å². The van der Waals surface area contributed by atoms with Crippen molar-refractivity contribution in [1.82, 2.24) is 15.5 Å². The minimum atomic E-state index is 0.947. The highest BCUT2D eigenvalue weighted by Crippen LogP contribution is 2.20. The average Bonchev–Trinajstić information content (AvgIpc) is 2.92. The molecule has 3 rings (SSSR count). The van der Waals surface area contributed by atoms with Crippen LogP contribution in [0.25, 0.3) is 6.08 Å². The van der Waals surface area contributed by atoms with Crippen LogP contribution in [0.1, 0.15) is 5.69 Å². The van der Waals surface area contributed by atoms with Crippen molar-refractivity contribution >= 4 is 6.08 Å². The first kappa shape index (κ1) is 11.5. The monoisotopic (exact) mass is 251 g/mol. The van der Waals surface area contributed by atoms with Gasteiger partial charge in [-0.15, -0.1) is 0 Å². The number of hydroxylamine groups is 3. The molecule has 19 heavy (non-hydrogen) atoms. The molecule has 4 nitrogen and oxygen atoms in total. The maximum Gasteiger partial charge on any atom is 0.0900 e. The molecule has 1 aromatic rings. The molecule has 2 aliphatic rings. The molecule has 0 saturated carbocycles. The van der Waals surface area contributed by atoms with Crippen LogP contribution in [-0.4, -0.2) is 10.0 Å². The summed E-state index contributed by atoms with van der Waals surface area (Å²) in [5.74, 6) is 0. The lowest BCUT2D eigenvalue weighted by Crippen LogP contribution is -2.15. The predicted octanol–water partition coefficient (Wildman–Crippen LogP) is 2.70. The Balaban J connectivity index is 1.64. The van der Waals surface area contributed by atoms with Crippen molar-refractivity contribution in [3.8, 4) is 0 Å². The molecule has 1 aromatic heterocycles. The zero-order valence-electron chi connectivity index (χ0n) is 10.2. The van der Waals surface area contributed by atoms with Crippen LogP contribution in [0.15, 0.2) is 78.4 Å². The Bertz CT molecular complexity index is 597. The second kappa shape index (κ2) is 5.37. The van der Waals surface area contributed by atoms with Crippen LogP contribution < -0.4 is 5.48 Å². The van der Waals surface area contributed by atoms with Crippen molar-refractivity contribution in [2.45, 2.75) is 0 Å². The van der Waals surface area contributed by atoms with Crippen LogP contribution >= 0.6 is 0 Å². The van der Waals surface area contributed by atoms with Crippen LogP contribution in [0.4, 0.5) is 0 Å². The van der Waals surface area contributed by atoms with Gasteiger partial charge in [0.25, 0.3) is 0 Å². The van der Waals surface area contributed by atoms with E-state index in [2.05, 4.69) is 10.5 Å². The lowest BCUT2D eigenvalue weighted by molar-refractivity contribution is -0.112. The number of pyridine rings is 1. The Morgan fingerprint density at radius 3 is 3.05 bits per heavy atom. The summed E-state index contributed by atoms with van der Waals surface area (Å²) in [7, 11) is 0. The van der Waals surface area contributed by atoms with Crippen LogP contribution in [0, 0.1) is 0 Å². The summed E-state index contributed by atoms with van der Waals surface area (Å²) in [6, 6.07) is 5.84. The Morgan fingerprint density at radius 1 is 1.21 bits per heavy atom. The van der Waals surface area contributed by atoms with E-state index in [1.54, 1.807) is 17.5 Å².